The number of carbonyl (C=O) groups is 1. The summed E-state index contributed by atoms with van der Waals surface area (Å²) in [6, 6.07) is 4.28. The normalized spacial score (nSPS) is 11.7. The summed E-state index contributed by atoms with van der Waals surface area (Å²) in [5, 5.41) is 6.20. The third-order valence-corrected chi connectivity index (χ3v) is 2.79. The number of hydrogen-bond acceptors (Lipinski definition) is 2. The van der Waals surface area contributed by atoms with Gasteiger partial charge < -0.3 is 16.4 Å². The van der Waals surface area contributed by atoms with Crippen molar-refractivity contribution in [1.29, 1.82) is 0 Å². The van der Waals surface area contributed by atoms with Crippen LogP contribution in [-0.4, -0.2) is 17.1 Å². The molecule has 0 bridgehead atoms. The van der Waals surface area contributed by atoms with Gasteiger partial charge in [0.1, 0.15) is 0 Å². The summed E-state index contributed by atoms with van der Waals surface area (Å²) in [7, 11) is 0. The van der Waals surface area contributed by atoms with Crippen molar-refractivity contribution in [1.82, 2.24) is 5.32 Å². The van der Waals surface area contributed by atoms with Crippen LogP contribution in [0, 0.1) is 0 Å². The molecule has 0 aliphatic rings. The number of hydrogen-bond donors (Lipinski definition) is 3. The van der Waals surface area contributed by atoms with Crippen LogP contribution in [0.25, 0.3) is 0 Å². The molecule has 0 aliphatic carbocycles. The van der Waals surface area contributed by atoms with E-state index in [1.807, 2.05) is 0 Å². The summed E-state index contributed by atoms with van der Waals surface area (Å²) >= 11 is 16.5. The van der Waals surface area contributed by atoms with Crippen molar-refractivity contribution in [3.05, 3.63) is 28.2 Å². The lowest BCUT2D eigenvalue weighted by Gasteiger charge is -2.14. The number of benzene rings is 1. The zero-order chi connectivity index (χ0) is 13.7. The molecule has 4 nitrogen and oxygen atoms in total. The molecule has 0 saturated heterocycles. The summed E-state index contributed by atoms with van der Waals surface area (Å²) in [6.45, 7) is 1.80. The molecule has 0 spiro atoms. The number of anilines is 1. The van der Waals surface area contributed by atoms with Crippen LogP contribution in [0.1, 0.15) is 13.3 Å². The molecule has 7 heteroatoms. The Balaban J connectivity index is 2.59. The van der Waals surface area contributed by atoms with E-state index in [1.54, 1.807) is 25.1 Å². The molecule has 1 atom stereocenters. The number of nitrogens with one attached hydrogen (secondary N) is 2. The maximum Gasteiger partial charge on any atom is 0.319 e. The fourth-order valence-corrected chi connectivity index (χ4v) is 1.92. The van der Waals surface area contributed by atoms with Crippen molar-refractivity contribution in [3.63, 3.8) is 0 Å². The van der Waals surface area contributed by atoms with Crippen molar-refractivity contribution >= 4 is 52.1 Å². The molecule has 2 amide bonds. The van der Waals surface area contributed by atoms with Gasteiger partial charge in [-0.05, 0) is 25.1 Å². The Morgan fingerprint density at radius 3 is 2.78 bits per heavy atom. The quantitative estimate of drug-likeness (QED) is 0.748. The Morgan fingerprint density at radius 2 is 2.17 bits per heavy atom. The number of nitrogens with two attached hydrogens (primary N) is 1. The second kappa shape index (κ2) is 6.78. The summed E-state index contributed by atoms with van der Waals surface area (Å²) in [4.78, 5) is 12.0. The maximum atomic E-state index is 11.7. The smallest absolute Gasteiger partial charge is 0.319 e. The minimum Gasteiger partial charge on any atom is -0.393 e. The van der Waals surface area contributed by atoms with E-state index in [1.165, 1.54) is 0 Å². The number of halogens is 2. The van der Waals surface area contributed by atoms with Gasteiger partial charge in [-0.25, -0.2) is 4.79 Å². The molecule has 0 saturated carbocycles. The van der Waals surface area contributed by atoms with Crippen LogP contribution in [0.2, 0.25) is 10.0 Å². The highest BCUT2D eigenvalue weighted by Crippen LogP contribution is 2.25. The monoisotopic (exact) mass is 305 g/mol. The van der Waals surface area contributed by atoms with E-state index in [0.717, 1.165) is 0 Å². The zero-order valence-corrected chi connectivity index (χ0v) is 12.0. The largest absolute Gasteiger partial charge is 0.393 e. The van der Waals surface area contributed by atoms with E-state index < -0.39 is 0 Å². The minimum absolute atomic E-state index is 0.152. The highest BCUT2D eigenvalue weighted by Gasteiger charge is 2.10. The first-order chi connectivity index (χ1) is 8.38. The second-order valence-corrected chi connectivity index (χ2v) is 5.16. The topological polar surface area (TPSA) is 67.1 Å². The number of carbonyl (C=O) groups excluding carboxylic acids is 1. The van der Waals surface area contributed by atoms with E-state index in [0.29, 0.717) is 27.1 Å². The highest BCUT2D eigenvalue weighted by atomic mass is 35.5. The lowest BCUT2D eigenvalue weighted by Crippen LogP contribution is -2.38. The Morgan fingerprint density at radius 1 is 1.50 bits per heavy atom. The number of rotatable bonds is 4. The van der Waals surface area contributed by atoms with E-state index >= 15 is 0 Å². The van der Waals surface area contributed by atoms with Gasteiger partial charge in [0.25, 0.3) is 0 Å². The van der Waals surface area contributed by atoms with Crippen molar-refractivity contribution in [2.24, 2.45) is 5.73 Å². The van der Waals surface area contributed by atoms with Gasteiger partial charge in [0.15, 0.2) is 0 Å². The molecule has 1 unspecified atom stereocenters. The van der Waals surface area contributed by atoms with Crippen LogP contribution in [0.4, 0.5) is 10.5 Å². The molecular weight excluding hydrogens is 293 g/mol. The molecule has 0 aliphatic heterocycles. The lowest BCUT2D eigenvalue weighted by atomic mass is 10.2. The first kappa shape index (κ1) is 15.0. The van der Waals surface area contributed by atoms with E-state index in [-0.39, 0.29) is 12.1 Å². The van der Waals surface area contributed by atoms with Gasteiger partial charge in [0.2, 0.25) is 0 Å². The van der Waals surface area contributed by atoms with Crippen LogP contribution < -0.4 is 16.4 Å². The third-order valence-electron chi connectivity index (χ3n) is 2.06. The second-order valence-electron chi connectivity index (χ2n) is 3.79. The standard InChI is InChI=1S/C11H13Cl2N3OS/c1-6(4-10(14)18)15-11(17)16-9-5-7(12)2-3-8(9)13/h2-3,5-6H,4H2,1H3,(H2,14,18)(H2,15,16,17). The number of urea groups is 1. The summed E-state index contributed by atoms with van der Waals surface area (Å²) in [6.07, 6.45) is 0.437. The van der Waals surface area contributed by atoms with Crippen LogP contribution in [-0.2, 0) is 0 Å². The first-order valence-corrected chi connectivity index (χ1v) is 6.35. The van der Waals surface area contributed by atoms with Gasteiger partial charge in [-0.3, -0.25) is 0 Å². The van der Waals surface area contributed by atoms with Gasteiger partial charge in [-0.2, -0.15) is 0 Å². The number of thiocarbonyl (C=S) groups is 1. The average molecular weight is 306 g/mol. The van der Waals surface area contributed by atoms with E-state index in [2.05, 4.69) is 10.6 Å². The van der Waals surface area contributed by atoms with Gasteiger partial charge in [0, 0.05) is 17.5 Å². The minimum atomic E-state index is -0.386. The molecule has 0 radical (unpaired) electrons. The molecule has 1 rings (SSSR count). The highest BCUT2D eigenvalue weighted by molar-refractivity contribution is 7.80. The molecule has 98 valence electrons. The van der Waals surface area contributed by atoms with Crippen LogP contribution in [0.3, 0.4) is 0 Å². The number of amides is 2. The Labute approximate surface area is 121 Å². The molecule has 1 aromatic carbocycles. The van der Waals surface area contributed by atoms with Crippen LogP contribution >= 0.6 is 35.4 Å². The predicted molar refractivity (Wildman–Crippen MR) is 79.5 cm³/mol. The van der Waals surface area contributed by atoms with Crippen molar-refractivity contribution in [2.45, 2.75) is 19.4 Å². The van der Waals surface area contributed by atoms with E-state index in [4.69, 9.17) is 41.2 Å². The zero-order valence-electron chi connectivity index (χ0n) is 9.67. The Kier molecular flexibility index (Phi) is 5.65. The molecule has 0 aromatic heterocycles. The van der Waals surface area contributed by atoms with Gasteiger partial charge >= 0.3 is 6.03 Å². The molecular formula is C11H13Cl2N3OS. The Bertz CT molecular complexity index is 468. The van der Waals surface area contributed by atoms with Crippen LogP contribution in [0.5, 0.6) is 0 Å². The van der Waals surface area contributed by atoms with Gasteiger partial charge in [-0.1, -0.05) is 35.4 Å². The fraction of sp³-hybridized carbons (Fsp3) is 0.273. The van der Waals surface area contributed by atoms with Gasteiger partial charge in [0.05, 0.1) is 15.7 Å². The molecule has 18 heavy (non-hydrogen) atoms. The molecule has 4 N–H and O–H groups in total. The van der Waals surface area contributed by atoms with Gasteiger partial charge in [-0.15, -0.1) is 0 Å². The summed E-state index contributed by atoms with van der Waals surface area (Å²) < 4.78 is 0. The van der Waals surface area contributed by atoms with Crippen molar-refractivity contribution < 1.29 is 4.79 Å². The maximum absolute atomic E-state index is 11.7. The van der Waals surface area contributed by atoms with Crippen molar-refractivity contribution in [2.75, 3.05) is 5.32 Å². The summed E-state index contributed by atoms with van der Waals surface area (Å²) in [5.41, 5.74) is 5.84. The molecule has 1 aromatic rings. The van der Waals surface area contributed by atoms with Crippen molar-refractivity contribution in [3.8, 4) is 0 Å². The fourth-order valence-electron chi connectivity index (χ4n) is 1.33. The molecule has 0 heterocycles. The van der Waals surface area contributed by atoms with E-state index in [9.17, 15) is 4.79 Å². The van der Waals surface area contributed by atoms with Crippen LogP contribution in [0.15, 0.2) is 18.2 Å². The molecule has 0 fully saturated rings. The third kappa shape index (κ3) is 5.08. The lowest BCUT2D eigenvalue weighted by molar-refractivity contribution is 0.249. The average Bonchev–Trinajstić information content (AvgIpc) is 2.21. The SMILES string of the molecule is CC(CC(N)=S)NC(=O)Nc1cc(Cl)ccc1Cl. The predicted octanol–water partition coefficient (Wildman–Crippen LogP) is 3.18. The first-order valence-electron chi connectivity index (χ1n) is 5.19. The summed E-state index contributed by atoms with van der Waals surface area (Å²) in [5.74, 6) is 0. The Hall–Kier alpha value is -1.04.